The number of benzene rings is 1. The van der Waals surface area contributed by atoms with Crippen molar-refractivity contribution < 1.29 is 13.7 Å². The van der Waals surface area contributed by atoms with Crippen molar-refractivity contribution >= 4 is 22.7 Å². The van der Waals surface area contributed by atoms with E-state index in [4.69, 9.17) is 0 Å². The van der Waals surface area contributed by atoms with Crippen molar-refractivity contribution in [1.29, 1.82) is 0 Å². The fraction of sp³-hybridized carbons (Fsp3) is 0.231. The van der Waals surface area contributed by atoms with Gasteiger partial charge < -0.3 is 5.32 Å². The van der Waals surface area contributed by atoms with Crippen LogP contribution in [0.5, 0.6) is 0 Å². The Balaban J connectivity index is 2.31. The molecular formula is C13H12F2N2O2S. The monoisotopic (exact) mass is 298 g/mol. The number of nitrogens with zero attached hydrogens (tertiary/aromatic N) is 1. The van der Waals surface area contributed by atoms with Gasteiger partial charge in [-0.2, -0.15) is 0 Å². The molecule has 0 aliphatic rings. The predicted octanol–water partition coefficient (Wildman–Crippen LogP) is 4.50. The molecule has 20 heavy (non-hydrogen) atoms. The lowest BCUT2D eigenvalue weighted by molar-refractivity contribution is -0.385. The molecule has 0 saturated heterocycles. The molecule has 0 bridgehead atoms. The van der Waals surface area contributed by atoms with E-state index in [0.717, 1.165) is 4.88 Å². The minimum absolute atomic E-state index is 0.236. The first-order chi connectivity index (χ1) is 9.52. The number of halogens is 2. The molecule has 1 aromatic heterocycles. The van der Waals surface area contributed by atoms with Gasteiger partial charge in [-0.3, -0.25) is 10.1 Å². The second kappa shape index (κ2) is 5.96. The molecule has 1 heterocycles. The van der Waals surface area contributed by atoms with Gasteiger partial charge in [-0.15, -0.1) is 11.3 Å². The van der Waals surface area contributed by atoms with E-state index in [2.05, 4.69) is 5.32 Å². The maximum atomic E-state index is 13.8. The first-order valence-electron chi connectivity index (χ1n) is 5.96. The highest BCUT2D eigenvalue weighted by molar-refractivity contribution is 7.10. The number of nitrogens with one attached hydrogen (secondary N) is 1. The van der Waals surface area contributed by atoms with Crippen molar-refractivity contribution in [2.45, 2.75) is 19.4 Å². The third kappa shape index (κ3) is 2.93. The number of thiophene rings is 1. The number of rotatable bonds is 5. The zero-order valence-corrected chi connectivity index (χ0v) is 11.4. The van der Waals surface area contributed by atoms with Gasteiger partial charge in [0, 0.05) is 4.88 Å². The standard InChI is InChI=1S/C13H12F2N2O2S/c1-2-11(12-4-3-5-20-12)16-13-9(14)6-8(17(18)19)7-10(13)15/h3-7,11,16H,2H2,1H3. The molecule has 7 heteroatoms. The summed E-state index contributed by atoms with van der Waals surface area (Å²) in [6.45, 7) is 1.89. The van der Waals surface area contributed by atoms with Gasteiger partial charge in [-0.25, -0.2) is 8.78 Å². The molecule has 1 aromatic carbocycles. The highest BCUT2D eigenvalue weighted by atomic mass is 32.1. The van der Waals surface area contributed by atoms with E-state index in [9.17, 15) is 18.9 Å². The van der Waals surface area contributed by atoms with Crippen molar-refractivity contribution in [1.82, 2.24) is 0 Å². The average molecular weight is 298 g/mol. The Morgan fingerprint density at radius 2 is 2.05 bits per heavy atom. The average Bonchev–Trinajstić information content (AvgIpc) is 2.91. The summed E-state index contributed by atoms with van der Waals surface area (Å²) in [5.41, 5.74) is -0.939. The molecular weight excluding hydrogens is 286 g/mol. The lowest BCUT2D eigenvalue weighted by atomic mass is 10.1. The Kier molecular flexibility index (Phi) is 4.29. The molecule has 0 spiro atoms. The Labute approximate surface area is 118 Å². The molecule has 106 valence electrons. The molecule has 0 saturated carbocycles. The molecule has 1 atom stereocenters. The van der Waals surface area contributed by atoms with E-state index < -0.39 is 22.2 Å². The van der Waals surface area contributed by atoms with Crippen LogP contribution in [0.25, 0.3) is 0 Å². The molecule has 0 fully saturated rings. The van der Waals surface area contributed by atoms with Gasteiger partial charge in [0.05, 0.1) is 23.1 Å². The summed E-state index contributed by atoms with van der Waals surface area (Å²) in [5.74, 6) is -1.93. The van der Waals surface area contributed by atoms with E-state index in [0.29, 0.717) is 18.6 Å². The van der Waals surface area contributed by atoms with Gasteiger partial charge in [-0.1, -0.05) is 13.0 Å². The van der Waals surface area contributed by atoms with Crippen molar-refractivity contribution in [3.63, 3.8) is 0 Å². The quantitative estimate of drug-likeness (QED) is 0.653. The minimum atomic E-state index is -0.966. The van der Waals surface area contributed by atoms with Gasteiger partial charge in [0.1, 0.15) is 5.69 Å². The molecule has 2 rings (SSSR count). The summed E-state index contributed by atoms with van der Waals surface area (Å²) in [4.78, 5) is 10.7. The minimum Gasteiger partial charge on any atom is -0.373 e. The lowest BCUT2D eigenvalue weighted by Gasteiger charge is -2.17. The number of nitro benzene ring substituents is 1. The van der Waals surface area contributed by atoms with Crippen LogP contribution in [0.2, 0.25) is 0 Å². The lowest BCUT2D eigenvalue weighted by Crippen LogP contribution is -2.11. The van der Waals surface area contributed by atoms with Crippen molar-refractivity contribution in [3.8, 4) is 0 Å². The van der Waals surface area contributed by atoms with Crippen molar-refractivity contribution in [2.75, 3.05) is 5.32 Å². The summed E-state index contributed by atoms with van der Waals surface area (Å²) in [7, 11) is 0. The fourth-order valence-electron chi connectivity index (χ4n) is 1.84. The third-order valence-corrected chi connectivity index (χ3v) is 3.84. The van der Waals surface area contributed by atoms with Gasteiger partial charge in [-0.05, 0) is 17.9 Å². The molecule has 0 aliphatic carbocycles. The van der Waals surface area contributed by atoms with Gasteiger partial charge in [0.2, 0.25) is 0 Å². The number of anilines is 1. The number of hydrogen-bond donors (Lipinski definition) is 1. The van der Waals surface area contributed by atoms with E-state index in [1.807, 2.05) is 24.4 Å². The van der Waals surface area contributed by atoms with Crippen LogP contribution in [-0.2, 0) is 0 Å². The molecule has 0 aliphatic heterocycles. The van der Waals surface area contributed by atoms with Crippen molar-refractivity contribution in [2.24, 2.45) is 0 Å². The van der Waals surface area contributed by atoms with E-state index in [-0.39, 0.29) is 11.7 Å². The van der Waals surface area contributed by atoms with Crippen LogP contribution < -0.4 is 5.32 Å². The predicted molar refractivity (Wildman–Crippen MR) is 74.0 cm³/mol. The van der Waals surface area contributed by atoms with Crippen LogP contribution in [0.15, 0.2) is 29.6 Å². The summed E-state index contributed by atoms with van der Waals surface area (Å²) >= 11 is 1.48. The Bertz CT molecular complexity index is 594. The zero-order valence-electron chi connectivity index (χ0n) is 10.6. The Hall–Kier alpha value is -2.02. The van der Waals surface area contributed by atoms with E-state index in [1.54, 1.807) is 0 Å². The first kappa shape index (κ1) is 14.4. The van der Waals surface area contributed by atoms with Crippen LogP contribution in [0.3, 0.4) is 0 Å². The smallest absolute Gasteiger partial charge is 0.275 e. The SMILES string of the molecule is CCC(Nc1c(F)cc([N+](=O)[O-])cc1F)c1cccs1. The normalized spacial score (nSPS) is 12.2. The maximum Gasteiger partial charge on any atom is 0.275 e. The van der Waals surface area contributed by atoms with Crippen LogP contribution in [-0.4, -0.2) is 4.92 Å². The fourth-order valence-corrected chi connectivity index (χ4v) is 2.70. The molecule has 0 radical (unpaired) electrons. The highest BCUT2D eigenvalue weighted by Crippen LogP contribution is 2.31. The summed E-state index contributed by atoms with van der Waals surface area (Å²) < 4.78 is 27.6. The first-order valence-corrected chi connectivity index (χ1v) is 6.84. The van der Waals surface area contributed by atoms with Crippen LogP contribution in [0, 0.1) is 21.7 Å². The molecule has 1 N–H and O–H groups in total. The topological polar surface area (TPSA) is 55.2 Å². The van der Waals surface area contributed by atoms with Crippen LogP contribution in [0.4, 0.5) is 20.2 Å². The van der Waals surface area contributed by atoms with Gasteiger partial charge >= 0.3 is 0 Å². The molecule has 1 unspecified atom stereocenters. The summed E-state index contributed by atoms with van der Waals surface area (Å²) in [6.07, 6.45) is 0.635. The van der Waals surface area contributed by atoms with Crippen molar-refractivity contribution in [3.05, 3.63) is 56.3 Å². The third-order valence-electron chi connectivity index (χ3n) is 2.85. The number of nitro groups is 1. The molecule has 4 nitrogen and oxygen atoms in total. The Morgan fingerprint density at radius 1 is 1.40 bits per heavy atom. The molecule has 2 aromatic rings. The van der Waals surface area contributed by atoms with Gasteiger partial charge in [0.25, 0.3) is 5.69 Å². The van der Waals surface area contributed by atoms with E-state index in [1.165, 1.54) is 11.3 Å². The summed E-state index contributed by atoms with van der Waals surface area (Å²) in [5, 5.41) is 15.2. The highest BCUT2D eigenvalue weighted by Gasteiger charge is 2.20. The zero-order chi connectivity index (χ0) is 14.7. The number of hydrogen-bond acceptors (Lipinski definition) is 4. The maximum absolute atomic E-state index is 13.8. The second-order valence-corrected chi connectivity index (χ2v) is 5.14. The second-order valence-electron chi connectivity index (χ2n) is 4.16. The van der Waals surface area contributed by atoms with E-state index >= 15 is 0 Å². The molecule has 0 amide bonds. The number of non-ortho nitro benzene ring substituents is 1. The summed E-state index contributed by atoms with van der Waals surface area (Å²) in [6, 6.07) is 4.92. The van der Waals surface area contributed by atoms with Crippen LogP contribution in [0.1, 0.15) is 24.3 Å². The van der Waals surface area contributed by atoms with Gasteiger partial charge in [0.15, 0.2) is 11.6 Å². The largest absolute Gasteiger partial charge is 0.373 e. The van der Waals surface area contributed by atoms with Crippen LogP contribution >= 0.6 is 11.3 Å². The Morgan fingerprint density at radius 3 is 2.50 bits per heavy atom.